The average Bonchev–Trinajstić information content (AvgIpc) is 2.37. The fourth-order valence-corrected chi connectivity index (χ4v) is 3.08. The van der Waals surface area contributed by atoms with Crippen LogP contribution in [0.2, 0.25) is 0 Å². The maximum Gasteiger partial charge on any atom is 0.115 e. The van der Waals surface area contributed by atoms with Gasteiger partial charge in [0.15, 0.2) is 0 Å². The molecule has 0 aromatic carbocycles. The van der Waals surface area contributed by atoms with Gasteiger partial charge in [-0.1, -0.05) is 33.6 Å². The van der Waals surface area contributed by atoms with Crippen LogP contribution >= 0.6 is 0 Å². The molecule has 1 aliphatic carbocycles. The molecule has 0 bridgehead atoms. The Labute approximate surface area is 110 Å². The lowest BCUT2D eigenvalue weighted by molar-refractivity contribution is 0.130. The van der Waals surface area contributed by atoms with Crippen LogP contribution in [-0.4, -0.2) is 16.0 Å². The molecule has 2 unspecified atom stereocenters. The minimum Gasteiger partial charge on any atom is -0.310 e. The summed E-state index contributed by atoms with van der Waals surface area (Å²) in [4.78, 5) is 8.13. The zero-order valence-corrected chi connectivity index (χ0v) is 11.8. The van der Waals surface area contributed by atoms with E-state index in [1.807, 2.05) is 12.4 Å². The number of nitrogens with zero attached hydrogens (tertiary/aromatic N) is 2. The van der Waals surface area contributed by atoms with Gasteiger partial charge in [0, 0.05) is 30.5 Å². The van der Waals surface area contributed by atoms with Crippen LogP contribution in [0.25, 0.3) is 0 Å². The van der Waals surface area contributed by atoms with E-state index in [-0.39, 0.29) is 0 Å². The van der Waals surface area contributed by atoms with Gasteiger partial charge in [0.1, 0.15) is 6.33 Å². The van der Waals surface area contributed by atoms with Crippen molar-refractivity contribution in [1.82, 2.24) is 15.3 Å². The van der Waals surface area contributed by atoms with Crippen molar-refractivity contribution < 1.29 is 0 Å². The second-order valence-corrected chi connectivity index (χ2v) is 6.49. The molecule has 100 valence electrons. The van der Waals surface area contributed by atoms with Crippen molar-refractivity contribution in [3.8, 4) is 0 Å². The van der Waals surface area contributed by atoms with Crippen molar-refractivity contribution in [1.29, 1.82) is 0 Å². The Kier molecular flexibility index (Phi) is 4.33. The molecule has 0 saturated heterocycles. The molecular formula is C15H25N3. The van der Waals surface area contributed by atoms with Gasteiger partial charge in [-0.3, -0.25) is 0 Å². The molecule has 1 heterocycles. The van der Waals surface area contributed by atoms with E-state index in [4.69, 9.17) is 0 Å². The van der Waals surface area contributed by atoms with Crippen LogP contribution in [0.1, 0.15) is 52.0 Å². The van der Waals surface area contributed by atoms with Gasteiger partial charge in [-0.25, -0.2) is 9.97 Å². The Balaban J connectivity index is 1.94. The Hall–Kier alpha value is -0.960. The van der Waals surface area contributed by atoms with Crippen LogP contribution in [0.4, 0.5) is 0 Å². The van der Waals surface area contributed by atoms with E-state index in [2.05, 4.69) is 36.1 Å². The van der Waals surface area contributed by atoms with Gasteiger partial charge >= 0.3 is 0 Å². The summed E-state index contributed by atoms with van der Waals surface area (Å²) in [6.45, 7) is 7.98. The van der Waals surface area contributed by atoms with Crippen molar-refractivity contribution >= 4 is 0 Å². The molecule has 0 aliphatic heterocycles. The molecule has 18 heavy (non-hydrogen) atoms. The number of aromatic nitrogens is 2. The highest BCUT2D eigenvalue weighted by Gasteiger charge is 2.33. The van der Waals surface area contributed by atoms with Crippen LogP contribution in [-0.2, 0) is 6.54 Å². The molecular weight excluding hydrogens is 222 g/mol. The molecule has 3 nitrogen and oxygen atoms in total. The second kappa shape index (κ2) is 5.79. The summed E-state index contributed by atoms with van der Waals surface area (Å²) in [5.74, 6) is 0.774. The van der Waals surface area contributed by atoms with E-state index in [9.17, 15) is 0 Å². The van der Waals surface area contributed by atoms with E-state index < -0.39 is 0 Å². The highest BCUT2D eigenvalue weighted by molar-refractivity contribution is 5.02. The summed E-state index contributed by atoms with van der Waals surface area (Å²) in [5.41, 5.74) is 1.57. The maximum absolute atomic E-state index is 4.07. The third-order valence-electron chi connectivity index (χ3n) is 4.06. The highest BCUT2D eigenvalue weighted by Crippen LogP contribution is 2.38. The van der Waals surface area contributed by atoms with Gasteiger partial charge in [-0.05, 0) is 24.2 Å². The predicted molar refractivity (Wildman–Crippen MR) is 74.1 cm³/mol. The summed E-state index contributed by atoms with van der Waals surface area (Å²) < 4.78 is 0. The molecule has 1 fully saturated rings. The first kappa shape index (κ1) is 13.5. The van der Waals surface area contributed by atoms with Crippen LogP contribution < -0.4 is 5.32 Å². The molecule has 0 radical (unpaired) electrons. The van der Waals surface area contributed by atoms with E-state index in [0.717, 1.165) is 12.5 Å². The largest absolute Gasteiger partial charge is 0.310 e. The lowest BCUT2D eigenvalue weighted by Crippen LogP contribution is -2.43. The zero-order valence-electron chi connectivity index (χ0n) is 11.8. The van der Waals surface area contributed by atoms with Crippen molar-refractivity contribution in [2.45, 2.75) is 59.0 Å². The third kappa shape index (κ3) is 3.52. The molecule has 1 aromatic heterocycles. The fourth-order valence-electron chi connectivity index (χ4n) is 3.08. The highest BCUT2D eigenvalue weighted by atomic mass is 14.9. The molecule has 2 rings (SSSR count). The number of rotatable bonds is 3. The van der Waals surface area contributed by atoms with Crippen molar-refractivity contribution in [3.05, 3.63) is 24.3 Å². The third-order valence-corrected chi connectivity index (χ3v) is 4.06. The zero-order chi connectivity index (χ0) is 13.0. The molecule has 3 heteroatoms. The molecule has 1 N–H and O–H groups in total. The molecule has 0 amide bonds. The Morgan fingerprint density at radius 2 is 1.83 bits per heavy atom. The van der Waals surface area contributed by atoms with Gasteiger partial charge < -0.3 is 5.32 Å². The summed E-state index contributed by atoms with van der Waals surface area (Å²) in [6, 6.07) is 0.638. The maximum atomic E-state index is 4.07. The molecule has 1 aromatic rings. The van der Waals surface area contributed by atoms with E-state index in [1.54, 1.807) is 6.33 Å². The number of nitrogens with one attached hydrogen (secondary N) is 1. The van der Waals surface area contributed by atoms with Crippen LogP contribution in [0.3, 0.4) is 0 Å². The molecule has 0 spiro atoms. The average molecular weight is 247 g/mol. The minimum atomic E-state index is 0.394. The van der Waals surface area contributed by atoms with E-state index in [0.29, 0.717) is 11.5 Å². The van der Waals surface area contributed by atoms with Crippen LogP contribution in [0.5, 0.6) is 0 Å². The van der Waals surface area contributed by atoms with Gasteiger partial charge in [-0.15, -0.1) is 0 Å². The van der Waals surface area contributed by atoms with Gasteiger partial charge in [0.05, 0.1) is 0 Å². The summed E-state index contributed by atoms with van der Waals surface area (Å²) >= 11 is 0. The Bertz CT molecular complexity index is 356. The lowest BCUT2D eigenvalue weighted by Gasteiger charge is -2.41. The first-order chi connectivity index (χ1) is 8.57. The smallest absolute Gasteiger partial charge is 0.115 e. The Morgan fingerprint density at radius 3 is 2.50 bits per heavy atom. The summed E-state index contributed by atoms with van der Waals surface area (Å²) in [6.07, 6.45) is 10.8. The standard InChI is InChI=1S/C15H25N3/c1-15(2,3)13-6-4-5-7-14(13)18-10-12-8-16-11-17-9-12/h8-9,11,13-14,18H,4-7,10H2,1-3H3. The monoisotopic (exact) mass is 247 g/mol. The SMILES string of the molecule is CC(C)(C)C1CCCCC1NCc1cncnc1. The summed E-state index contributed by atoms with van der Waals surface area (Å²) in [7, 11) is 0. The van der Waals surface area contributed by atoms with Crippen LogP contribution in [0.15, 0.2) is 18.7 Å². The van der Waals surface area contributed by atoms with E-state index in [1.165, 1.54) is 31.2 Å². The predicted octanol–water partition coefficient (Wildman–Crippen LogP) is 3.17. The first-order valence-electron chi connectivity index (χ1n) is 7.04. The quantitative estimate of drug-likeness (QED) is 0.891. The molecule has 1 aliphatic rings. The molecule has 1 saturated carbocycles. The van der Waals surface area contributed by atoms with E-state index >= 15 is 0 Å². The number of hydrogen-bond donors (Lipinski definition) is 1. The summed E-state index contributed by atoms with van der Waals surface area (Å²) in [5, 5.41) is 3.71. The van der Waals surface area contributed by atoms with Gasteiger partial charge in [-0.2, -0.15) is 0 Å². The van der Waals surface area contributed by atoms with Gasteiger partial charge in [0.2, 0.25) is 0 Å². The Morgan fingerprint density at radius 1 is 1.17 bits per heavy atom. The van der Waals surface area contributed by atoms with Crippen molar-refractivity contribution in [2.24, 2.45) is 11.3 Å². The lowest BCUT2D eigenvalue weighted by atomic mass is 9.69. The van der Waals surface area contributed by atoms with Crippen LogP contribution in [0, 0.1) is 11.3 Å². The van der Waals surface area contributed by atoms with Gasteiger partial charge in [0.25, 0.3) is 0 Å². The topological polar surface area (TPSA) is 37.8 Å². The number of hydrogen-bond acceptors (Lipinski definition) is 3. The molecule has 2 atom stereocenters. The fraction of sp³-hybridized carbons (Fsp3) is 0.733. The first-order valence-corrected chi connectivity index (χ1v) is 7.04. The van der Waals surface area contributed by atoms with Crippen molar-refractivity contribution in [3.63, 3.8) is 0 Å². The van der Waals surface area contributed by atoms with Crippen molar-refractivity contribution in [2.75, 3.05) is 0 Å². The second-order valence-electron chi connectivity index (χ2n) is 6.49. The minimum absolute atomic E-state index is 0.394. The normalized spacial score (nSPS) is 25.1.